The fraction of sp³-hybridized carbons (Fsp3) is 0.471. The molecule has 0 saturated carbocycles. The predicted molar refractivity (Wildman–Crippen MR) is 95.3 cm³/mol. The molecule has 0 fully saturated rings. The van der Waals surface area contributed by atoms with Crippen molar-refractivity contribution in [2.24, 2.45) is 0 Å². The Morgan fingerprint density at radius 3 is 2.12 bits per heavy atom. The first-order chi connectivity index (χ1) is 10.9. The molecule has 1 atom stereocenters. The number of esters is 1. The highest BCUT2D eigenvalue weighted by Crippen LogP contribution is 2.41. The number of rotatable bonds is 6. The minimum Gasteiger partial charge on any atom is -0.466 e. The van der Waals surface area contributed by atoms with E-state index < -0.39 is 25.3 Å². The van der Waals surface area contributed by atoms with E-state index in [0.29, 0.717) is 5.56 Å². The zero-order valence-corrected chi connectivity index (χ0v) is 16.1. The molecule has 0 spiro atoms. The SMILES string of the molecule is C=C(C(=O)OC)C(O[Si](C)(C)C(C)(C)C)c1ccc([N+](=O)[O-])cc1. The summed E-state index contributed by atoms with van der Waals surface area (Å²) in [7, 11) is -0.926. The summed E-state index contributed by atoms with van der Waals surface area (Å²) >= 11 is 0. The van der Waals surface area contributed by atoms with E-state index >= 15 is 0 Å². The van der Waals surface area contributed by atoms with Crippen molar-refractivity contribution in [3.8, 4) is 0 Å². The maximum absolute atomic E-state index is 11.9. The maximum atomic E-state index is 11.9. The van der Waals surface area contributed by atoms with Gasteiger partial charge < -0.3 is 9.16 Å². The van der Waals surface area contributed by atoms with E-state index in [1.165, 1.54) is 19.2 Å². The van der Waals surface area contributed by atoms with Gasteiger partial charge in [-0.15, -0.1) is 0 Å². The monoisotopic (exact) mass is 351 g/mol. The molecule has 0 amide bonds. The Balaban J connectivity index is 3.26. The number of non-ortho nitro benzene ring substituents is 1. The van der Waals surface area contributed by atoms with Crippen molar-refractivity contribution in [1.82, 2.24) is 0 Å². The maximum Gasteiger partial charge on any atom is 0.336 e. The predicted octanol–water partition coefficient (Wildman–Crippen LogP) is 4.39. The Bertz CT molecular complexity index is 631. The van der Waals surface area contributed by atoms with Gasteiger partial charge in [0.2, 0.25) is 0 Å². The van der Waals surface area contributed by atoms with Crippen LogP contribution in [0.25, 0.3) is 0 Å². The van der Waals surface area contributed by atoms with Gasteiger partial charge in [-0.2, -0.15) is 0 Å². The molecule has 6 nitrogen and oxygen atoms in total. The summed E-state index contributed by atoms with van der Waals surface area (Å²) in [5, 5.41) is 10.8. The Labute approximate surface area is 143 Å². The molecule has 24 heavy (non-hydrogen) atoms. The molecule has 0 aromatic heterocycles. The fourth-order valence-corrected chi connectivity index (χ4v) is 3.04. The molecule has 1 rings (SSSR count). The van der Waals surface area contributed by atoms with Crippen molar-refractivity contribution in [1.29, 1.82) is 0 Å². The molecule has 0 aliphatic carbocycles. The number of ether oxygens (including phenoxy) is 1. The third-order valence-electron chi connectivity index (χ3n) is 4.39. The second kappa shape index (κ2) is 7.27. The van der Waals surface area contributed by atoms with Gasteiger partial charge >= 0.3 is 5.97 Å². The van der Waals surface area contributed by atoms with Crippen molar-refractivity contribution in [3.05, 3.63) is 52.1 Å². The normalized spacial score (nSPS) is 13.2. The summed E-state index contributed by atoms with van der Waals surface area (Å²) in [4.78, 5) is 22.3. The highest BCUT2D eigenvalue weighted by atomic mass is 28.4. The van der Waals surface area contributed by atoms with Gasteiger partial charge in [0.25, 0.3) is 5.69 Å². The molecule has 0 bridgehead atoms. The molecule has 0 heterocycles. The van der Waals surface area contributed by atoms with Crippen LogP contribution in [0.15, 0.2) is 36.4 Å². The van der Waals surface area contributed by atoms with Crippen molar-refractivity contribution in [2.75, 3.05) is 7.11 Å². The summed E-state index contributed by atoms with van der Waals surface area (Å²) in [5.41, 5.74) is 0.797. The quantitative estimate of drug-likeness (QED) is 0.250. The zero-order chi connectivity index (χ0) is 18.7. The topological polar surface area (TPSA) is 78.7 Å². The van der Waals surface area contributed by atoms with Gasteiger partial charge in [-0.1, -0.05) is 27.4 Å². The number of nitrogens with zero attached hydrogens (tertiary/aromatic N) is 1. The van der Waals surface area contributed by atoms with Crippen LogP contribution >= 0.6 is 0 Å². The van der Waals surface area contributed by atoms with E-state index in [1.807, 2.05) is 0 Å². The van der Waals surface area contributed by atoms with Crippen LogP contribution in [-0.2, 0) is 14.0 Å². The van der Waals surface area contributed by atoms with Crippen LogP contribution < -0.4 is 0 Å². The number of nitro groups is 1. The van der Waals surface area contributed by atoms with Gasteiger partial charge in [-0.3, -0.25) is 10.1 Å². The number of hydrogen-bond acceptors (Lipinski definition) is 5. The van der Waals surface area contributed by atoms with Crippen LogP contribution in [0.3, 0.4) is 0 Å². The summed E-state index contributed by atoms with van der Waals surface area (Å²) in [5.74, 6) is -0.558. The number of carbonyl (C=O) groups is 1. The molecule has 1 unspecified atom stereocenters. The first-order valence-electron chi connectivity index (χ1n) is 7.60. The number of benzene rings is 1. The summed E-state index contributed by atoms with van der Waals surface area (Å²) in [6.07, 6.45) is -0.695. The molecule has 132 valence electrons. The van der Waals surface area contributed by atoms with Gasteiger partial charge in [-0.05, 0) is 35.8 Å². The number of nitro benzene ring substituents is 1. The van der Waals surface area contributed by atoms with E-state index in [1.54, 1.807) is 12.1 Å². The van der Waals surface area contributed by atoms with Gasteiger partial charge in [0.05, 0.1) is 17.6 Å². The van der Waals surface area contributed by atoms with Crippen LogP contribution in [0.5, 0.6) is 0 Å². The van der Waals surface area contributed by atoms with E-state index in [0.717, 1.165) is 0 Å². The van der Waals surface area contributed by atoms with Gasteiger partial charge in [-0.25, -0.2) is 4.79 Å². The smallest absolute Gasteiger partial charge is 0.336 e. The molecule has 1 aromatic rings. The zero-order valence-electron chi connectivity index (χ0n) is 15.1. The van der Waals surface area contributed by atoms with Crippen LogP contribution in [0, 0.1) is 10.1 Å². The third-order valence-corrected chi connectivity index (χ3v) is 8.83. The van der Waals surface area contributed by atoms with Gasteiger partial charge in [0, 0.05) is 12.1 Å². The Hall–Kier alpha value is -1.99. The van der Waals surface area contributed by atoms with E-state index in [-0.39, 0.29) is 16.3 Å². The van der Waals surface area contributed by atoms with Crippen LogP contribution in [0.2, 0.25) is 18.1 Å². The third kappa shape index (κ3) is 4.52. The Morgan fingerprint density at radius 2 is 1.75 bits per heavy atom. The lowest BCUT2D eigenvalue weighted by Crippen LogP contribution is -2.42. The minimum atomic E-state index is -2.21. The Kier molecular flexibility index (Phi) is 6.07. The van der Waals surface area contributed by atoms with Crippen molar-refractivity contribution >= 4 is 20.0 Å². The second-order valence-electron chi connectivity index (χ2n) is 7.12. The average Bonchev–Trinajstić information content (AvgIpc) is 2.50. The van der Waals surface area contributed by atoms with Crippen LogP contribution in [0.4, 0.5) is 5.69 Å². The van der Waals surface area contributed by atoms with Crippen molar-refractivity contribution < 1.29 is 18.9 Å². The van der Waals surface area contributed by atoms with Gasteiger partial charge in [0.15, 0.2) is 8.32 Å². The highest BCUT2D eigenvalue weighted by molar-refractivity contribution is 6.74. The summed E-state index contributed by atoms with van der Waals surface area (Å²) in [6, 6.07) is 5.96. The molecule has 1 aromatic carbocycles. The van der Waals surface area contributed by atoms with Crippen molar-refractivity contribution in [3.63, 3.8) is 0 Å². The number of methoxy groups -OCH3 is 1. The van der Waals surface area contributed by atoms with E-state index in [4.69, 9.17) is 9.16 Å². The fourth-order valence-electron chi connectivity index (χ4n) is 1.82. The van der Waals surface area contributed by atoms with E-state index in [9.17, 15) is 14.9 Å². The second-order valence-corrected chi connectivity index (χ2v) is 11.9. The van der Waals surface area contributed by atoms with Gasteiger partial charge in [0.1, 0.15) is 6.10 Å². The molecule has 7 heteroatoms. The molecular weight excluding hydrogens is 326 g/mol. The molecular formula is C17H25NO5Si. The van der Waals surface area contributed by atoms with E-state index in [2.05, 4.69) is 40.4 Å². The number of hydrogen-bond donors (Lipinski definition) is 0. The van der Waals surface area contributed by atoms with Crippen LogP contribution in [-0.4, -0.2) is 26.3 Å². The minimum absolute atomic E-state index is 0.0199. The van der Waals surface area contributed by atoms with Crippen molar-refractivity contribution in [2.45, 2.75) is 45.0 Å². The highest BCUT2D eigenvalue weighted by Gasteiger charge is 2.41. The first kappa shape index (κ1) is 20.1. The summed E-state index contributed by atoms with van der Waals surface area (Å²) in [6.45, 7) is 14.2. The molecule has 0 aliphatic rings. The summed E-state index contributed by atoms with van der Waals surface area (Å²) < 4.78 is 11.1. The molecule has 0 saturated heterocycles. The lowest BCUT2D eigenvalue weighted by molar-refractivity contribution is -0.384. The Morgan fingerprint density at radius 1 is 1.25 bits per heavy atom. The van der Waals surface area contributed by atoms with Crippen LogP contribution in [0.1, 0.15) is 32.4 Å². The average molecular weight is 351 g/mol. The number of carbonyl (C=O) groups excluding carboxylic acids is 1. The lowest BCUT2D eigenvalue weighted by atomic mass is 10.0. The molecule has 0 aliphatic heterocycles. The first-order valence-corrected chi connectivity index (χ1v) is 10.5. The largest absolute Gasteiger partial charge is 0.466 e. The molecule has 0 radical (unpaired) electrons. The standard InChI is InChI=1S/C17H25NO5Si/c1-12(16(19)22-5)15(23-24(6,7)17(2,3)4)13-8-10-14(11-9-13)18(20)21/h8-11,15H,1H2,2-7H3. The lowest BCUT2D eigenvalue weighted by Gasteiger charge is -2.39. The molecule has 0 N–H and O–H groups in total.